The van der Waals surface area contributed by atoms with Crippen molar-refractivity contribution in [1.82, 2.24) is 9.80 Å². The van der Waals surface area contributed by atoms with Gasteiger partial charge < -0.3 is 15.1 Å². The normalized spacial score (nSPS) is 18.7. The monoisotopic (exact) mass is 384 g/mol. The van der Waals surface area contributed by atoms with E-state index in [0.717, 1.165) is 32.1 Å². The summed E-state index contributed by atoms with van der Waals surface area (Å²) in [6.07, 6.45) is 16.1. The predicted octanol–water partition coefficient (Wildman–Crippen LogP) is 4.29. The molecule has 1 aliphatic heterocycles. The fourth-order valence-electron chi connectivity index (χ4n) is 4.28. The minimum atomic E-state index is -0.587. The van der Waals surface area contributed by atoms with Crippen LogP contribution < -0.4 is 0 Å². The molecule has 1 aliphatic rings. The Morgan fingerprint density at radius 1 is 0.667 bits per heavy atom. The fraction of sp³-hybridized carbons (Fsp3) is 1.00. The summed E-state index contributed by atoms with van der Waals surface area (Å²) in [5.41, 5.74) is 0. The average molecular weight is 385 g/mol. The van der Waals surface area contributed by atoms with Crippen LogP contribution in [0.2, 0.25) is 0 Å². The lowest BCUT2D eigenvalue weighted by Gasteiger charge is -2.37. The van der Waals surface area contributed by atoms with Crippen LogP contribution in [0.5, 0.6) is 0 Å². The highest BCUT2D eigenvalue weighted by Crippen LogP contribution is 2.21. The van der Waals surface area contributed by atoms with Gasteiger partial charge in [-0.3, -0.25) is 4.90 Å². The van der Waals surface area contributed by atoms with Crippen molar-refractivity contribution in [2.24, 2.45) is 5.92 Å². The first-order valence-electron chi connectivity index (χ1n) is 11.9. The molecule has 1 saturated heterocycles. The molecular formula is C23H48N2O2. The van der Waals surface area contributed by atoms with Crippen molar-refractivity contribution < 1.29 is 10.2 Å². The van der Waals surface area contributed by atoms with Crippen LogP contribution in [0.25, 0.3) is 0 Å². The Hall–Kier alpha value is -0.160. The van der Waals surface area contributed by atoms with E-state index in [2.05, 4.69) is 23.6 Å². The second-order valence-corrected chi connectivity index (χ2v) is 8.71. The molecular weight excluding hydrogens is 336 g/mol. The molecule has 0 radical (unpaired) electrons. The molecule has 0 aromatic carbocycles. The van der Waals surface area contributed by atoms with Crippen molar-refractivity contribution in [3.8, 4) is 0 Å². The van der Waals surface area contributed by atoms with Gasteiger partial charge in [-0.15, -0.1) is 0 Å². The van der Waals surface area contributed by atoms with Gasteiger partial charge in [0.1, 0.15) is 0 Å². The summed E-state index contributed by atoms with van der Waals surface area (Å²) >= 11 is 0. The van der Waals surface area contributed by atoms with Crippen LogP contribution in [0.4, 0.5) is 0 Å². The number of unbranched alkanes of at least 4 members (excludes halogenated alkanes) is 8. The van der Waals surface area contributed by atoms with E-state index >= 15 is 0 Å². The molecule has 1 heterocycles. The standard InChI is InChI=1S/C23H48N2O2/c1-3-5-7-9-10-12-14-22(13-11-8-6-4-2)19-24-15-17-25(18-16-24)20-23(27)21-26/h22-23,26-27H,3-21H2,1-2H3. The zero-order valence-electron chi connectivity index (χ0n) is 18.4. The number of aliphatic hydroxyl groups is 2. The third-order valence-corrected chi connectivity index (χ3v) is 6.09. The number of hydrogen-bond donors (Lipinski definition) is 2. The average Bonchev–Trinajstić information content (AvgIpc) is 2.69. The molecule has 0 aromatic heterocycles. The SMILES string of the molecule is CCCCCCCCC(CCCCCC)CN1CCN(CC(O)CO)CC1. The quantitative estimate of drug-likeness (QED) is 0.367. The molecule has 4 heteroatoms. The predicted molar refractivity (Wildman–Crippen MR) is 116 cm³/mol. The van der Waals surface area contributed by atoms with Crippen LogP contribution in [0, 0.1) is 5.92 Å². The molecule has 1 fully saturated rings. The maximum atomic E-state index is 9.63. The Balaban J connectivity index is 2.28. The maximum absolute atomic E-state index is 9.63. The van der Waals surface area contributed by atoms with E-state index < -0.39 is 6.10 Å². The van der Waals surface area contributed by atoms with Crippen molar-refractivity contribution in [2.45, 2.75) is 97.0 Å². The Bertz CT molecular complexity index is 320. The first-order valence-corrected chi connectivity index (χ1v) is 11.9. The van der Waals surface area contributed by atoms with E-state index in [9.17, 15) is 5.11 Å². The maximum Gasteiger partial charge on any atom is 0.0897 e. The Morgan fingerprint density at radius 3 is 1.63 bits per heavy atom. The fourth-order valence-corrected chi connectivity index (χ4v) is 4.28. The minimum absolute atomic E-state index is 0.127. The molecule has 0 aliphatic carbocycles. The van der Waals surface area contributed by atoms with Gasteiger partial charge in [-0.2, -0.15) is 0 Å². The molecule has 0 saturated carbocycles. The van der Waals surface area contributed by atoms with E-state index in [-0.39, 0.29) is 6.61 Å². The lowest BCUT2D eigenvalue weighted by atomic mass is 9.93. The molecule has 27 heavy (non-hydrogen) atoms. The van der Waals surface area contributed by atoms with Crippen molar-refractivity contribution >= 4 is 0 Å². The van der Waals surface area contributed by atoms with Crippen LogP contribution in [0.3, 0.4) is 0 Å². The van der Waals surface area contributed by atoms with Crippen LogP contribution in [0.15, 0.2) is 0 Å². The van der Waals surface area contributed by atoms with Crippen LogP contribution in [0.1, 0.15) is 90.9 Å². The highest BCUT2D eigenvalue weighted by Gasteiger charge is 2.21. The molecule has 0 spiro atoms. The number of hydrogen-bond acceptors (Lipinski definition) is 4. The van der Waals surface area contributed by atoms with Crippen molar-refractivity contribution in [3.63, 3.8) is 0 Å². The summed E-state index contributed by atoms with van der Waals surface area (Å²) < 4.78 is 0. The first-order chi connectivity index (χ1) is 13.2. The highest BCUT2D eigenvalue weighted by atomic mass is 16.3. The Labute approximate surface area is 169 Å². The number of rotatable bonds is 17. The first kappa shape index (κ1) is 24.9. The number of piperazine rings is 1. The van der Waals surface area contributed by atoms with E-state index in [1.54, 1.807) is 0 Å². The molecule has 0 aromatic rings. The second kappa shape index (κ2) is 16.8. The van der Waals surface area contributed by atoms with Crippen molar-refractivity contribution in [3.05, 3.63) is 0 Å². The largest absolute Gasteiger partial charge is 0.394 e. The van der Waals surface area contributed by atoms with Gasteiger partial charge in [-0.25, -0.2) is 0 Å². The van der Waals surface area contributed by atoms with Gasteiger partial charge in [-0.1, -0.05) is 78.1 Å². The molecule has 2 unspecified atom stereocenters. The molecule has 1 rings (SSSR count). The van der Waals surface area contributed by atoms with Crippen molar-refractivity contribution in [1.29, 1.82) is 0 Å². The topological polar surface area (TPSA) is 46.9 Å². The zero-order valence-corrected chi connectivity index (χ0v) is 18.4. The molecule has 2 N–H and O–H groups in total. The van der Waals surface area contributed by atoms with Gasteiger partial charge in [-0.05, 0) is 18.8 Å². The van der Waals surface area contributed by atoms with Crippen LogP contribution >= 0.6 is 0 Å². The summed E-state index contributed by atoms with van der Waals surface area (Å²) in [6, 6.07) is 0. The highest BCUT2D eigenvalue weighted by molar-refractivity contribution is 4.76. The molecule has 4 nitrogen and oxygen atoms in total. The van der Waals surface area contributed by atoms with Gasteiger partial charge >= 0.3 is 0 Å². The van der Waals surface area contributed by atoms with Gasteiger partial charge in [0.25, 0.3) is 0 Å². The summed E-state index contributed by atoms with van der Waals surface area (Å²) in [6.45, 7) is 10.6. The molecule has 2 atom stereocenters. The van der Waals surface area contributed by atoms with Crippen LogP contribution in [-0.4, -0.2) is 72.0 Å². The number of nitrogens with zero attached hydrogens (tertiary/aromatic N) is 2. The van der Waals surface area contributed by atoms with E-state index in [4.69, 9.17) is 5.11 Å². The molecule has 0 bridgehead atoms. The van der Waals surface area contributed by atoms with Gasteiger partial charge in [0.2, 0.25) is 0 Å². The lowest BCUT2D eigenvalue weighted by molar-refractivity contribution is 0.0363. The summed E-state index contributed by atoms with van der Waals surface area (Å²) in [5.74, 6) is 0.864. The number of aliphatic hydroxyl groups excluding tert-OH is 2. The third kappa shape index (κ3) is 12.8. The van der Waals surface area contributed by atoms with Gasteiger partial charge in [0.15, 0.2) is 0 Å². The Kier molecular flexibility index (Phi) is 15.4. The second-order valence-electron chi connectivity index (χ2n) is 8.71. The van der Waals surface area contributed by atoms with Gasteiger partial charge in [0.05, 0.1) is 12.7 Å². The molecule has 0 amide bonds. The summed E-state index contributed by atoms with van der Waals surface area (Å²) in [7, 11) is 0. The summed E-state index contributed by atoms with van der Waals surface area (Å²) in [5, 5.41) is 18.7. The van der Waals surface area contributed by atoms with E-state index in [0.29, 0.717) is 6.54 Å². The lowest BCUT2D eigenvalue weighted by Crippen LogP contribution is -2.50. The number of β-amino-alcohol motifs (C(OH)–C–C–N with tert-alkyl or cyclic N) is 1. The van der Waals surface area contributed by atoms with Crippen LogP contribution in [-0.2, 0) is 0 Å². The van der Waals surface area contributed by atoms with E-state index in [1.807, 2.05) is 0 Å². The van der Waals surface area contributed by atoms with E-state index in [1.165, 1.54) is 83.6 Å². The van der Waals surface area contributed by atoms with Gasteiger partial charge in [0, 0.05) is 39.3 Å². The smallest absolute Gasteiger partial charge is 0.0897 e. The Morgan fingerprint density at radius 2 is 1.11 bits per heavy atom. The van der Waals surface area contributed by atoms with Crippen molar-refractivity contribution in [2.75, 3.05) is 45.9 Å². The minimum Gasteiger partial charge on any atom is -0.394 e. The zero-order chi connectivity index (χ0) is 19.7. The molecule has 162 valence electrons. The summed E-state index contributed by atoms with van der Waals surface area (Å²) in [4.78, 5) is 4.94. The third-order valence-electron chi connectivity index (χ3n) is 6.09.